The second kappa shape index (κ2) is 6.08. The van der Waals surface area contributed by atoms with Gasteiger partial charge in [-0.3, -0.25) is 4.79 Å². The van der Waals surface area contributed by atoms with Gasteiger partial charge in [-0.2, -0.15) is 0 Å². The molecule has 0 saturated carbocycles. The van der Waals surface area contributed by atoms with Gasteiger partial charge in [0.05, 0.1) is 21.3 Å². The van der Waals surface area contributed by atoms with Crippen LogP contribution in [0.1, 0.15) is 39.4 Å². The van der Waals surface area contributed by atoms with Gasteiger partial charge in [0, 0.05) is 4.88 Å². The fourth-order valence-electron chi connectivity index (χ4n) is 2.63. The van der Waals surface area contributed by atoms with E-state index < -0.39 is 0 Å². The molecule has 3 N–H and O–H groups in total. The monoisotopic (exact) mass is 320 g/mol. The van der Waals surface area contributed by atoms with Gasteiger partial charge in [-0.1, -0.05) is 24.1 Å². The molecule has 1 aliphatic carbocycles. The van der Waals surface area contributed by atoms with Crippen molar-refractivity contribution in [2.45, 2.75) is 32.1 Å². The second-order valence-electron chi connectivity index (χ2n) is 5.28. The third-order valence-corrected chi connectivity index (χ3v) is 5.31. The number of hydrogen-bond acceptors (Lipinski definition) is 3. The first-order valence-electron chi connectivity index (χ1n) is 7.12. The average molecular weight is 321 g/mol. The van der Waals surface area contributed by atoms with E-state index >= 15 is 0 Å². The van der Waals surface area contributed by atoms with Crippen molar-refractivity contribution in [2.75, 3.05) is 11.1 Å². The average Bonchev–Trinajstić information content (AvgIpc) is 2.74. The largest absolute Gasteiger partial charge is 0.397 e. The van der Waals surface area contributed by atoms with Crippen molar-refractivity contribution in [2.24, 2.45) is 0 Å². The van der Waals surface area contributed by atoms with Crippen LogP contribution in [0.3, 0.4) is 0 Å². The predicted octanol–water partition coefficient (Wildman–Crippen LogP) is 4.50. The lowest BCUT2D eigenvalue weighted by Crippen LogP contribution is -2.12. The van der Waals surface area contributed by atoms with Gasteiger partial charge >= 0.3 is 0 Å². The topological polar surface area (TPSA) is 55.1 Å². The lowest BCUT2D eigenvalue weighted by Gasteiger charge is -2.08. The number of nitrogens with one attached hydrogen (secondary N) is 1. The number of anilines is 2. The first kappa shape index (κ1) is 14.4. The van der Waals surface area contributed by atoms with Crippen molar-refractivity contribution in [1.29, 1.82) is 0 Å². The third-order valence-electron chi connectivity index (χ3n) is 3.75. The Labute approximate surface area is 133 Å². The quantitative estimate of drug-likeness (QED) is 0.632. The highest BCUT2D eigenvalue weighted by molar-refractivity contribution is 7.14. The van der Waals surface area contributed by atoms with Gasteiger partial charge in [-0.05, 0) is 49.4 Å². The summed E-state index contributed by atoms with van der Waals surface area (Å²) in [4.78, 5) is 14.5. The van der Waals surface area contributed by atoms with Crippen LogP contribution in [0.5, 0.6) is 0 Å². The molecule has 0 atom stereocenters. The number of thiophene rings is 1. The van der Waals surface area contributed by atoms with E-state index in [-0.39, 0.29) is 5.91 Å². The zero-order chi connectivity index (χ0) is 14.8. The molecule has 110 valence electrons. The molecule has 0 unspecified atom stereocenters. The molecule has 0 saturated heterocycles. The number of nitrogens with two attached hydrogens (primary N) is 1. The summed E-state index contributed by atoms with van der Waals surface area (Å²) in [6.45, 7) is 0. The van der Waals surface area contributed by atoms with E-state index in [1.165, 1.54) is 29.7 Å². The highest BCUT2D eigenvalue weighted by Gasteiger charge is 2.17. The summed E-state index contributed by atoms with van der Waals surface area (Å²) < 4.78 is 0. The molecule has 0 aliphatic heterocycles. The van der Waals surface area contributed by atoms with Crippen LogP contribution in [0.4, 0.5) is 11.4 Å². The van der Waals surface area contributed by atoms with Crippen LogP contribution in [0.15, 0.2) is 24.3 Å². The molecular formula is C16H17ClN2OS. The van der Waals surface area contributed by atoms with Gasteiger partial charge in [0.1, 0.15) is 0 Å². The van der Waals surface area contributed by atoms with Crippen molar-refractivity contribution in [3.63, 3.8) is 0 Å². The maximum atomic E-state index is 12.4. The van der Waals surface area contributed by atoms with Crippen molar-refractivity contribution in [3.8, 4) is 0 Å². The first-order chi connectivity index (χ1) is 10.1. The number of hydrogen-bond donors (Lipinski definition) is 2. The third kappa shape index (κ3) is 3.06. The summed E-state index contributed by atoms with van der Waals surface area (Å²) in [5.41, 5.74) is 8.17. The van der Waals surface area contributed by atoms with Gasteiger partial charge in [0.15, 0.2) is 0 Å². The zero-order valence-electron chi connectivity index (χ0n) is 11.6. The number of fused-ring (bicyclic) bond motifs is 1. The van der Waals surface area contributed by atoms with E-state index in [1.54, 1.807) is 29.5 Å². The minimum absolute atomic E-state index is 0.132. The Morgan fingerprint density at radius 2 is 2.05 bits per heavy atom. The predicted molar refractivity (Wildman–Crippen MR) is 89.4 cm³/mol. The number of amides is 1. The molecule has 21 heavy (non-hydrogen) atoms. The van der Waals surface area contributed by atoms with E-state index in [0.717, 1.165) is 17.7 Å². The standard InChI is InChI=1S/C16H17ClN2OS/c17-11-6-4-7-12(18)15(11)19-16(20)14-9-10-5-2-1-3-8-13(10)21-14/h4,6-7,9H,1-3,5,8,18H2,(H,19,20). The Balaban J connectivity index is 1.83. The van der Waals surface area contributed by atoms with Crippen molar-refractivity contribution >= 4 is 40.2 Å². The Morgan fingerprint density at radius 3 is 2.86 bits per heavy atom. The number of nitrogen functional groups attached to an aromatic ring is 1. The Morgan fingerprint density at radius 1 is 1.24 bits per heavy atom. The van der Waals surface area contributed by atoms with Gasteiger partial charge in [-0.25, -0.2) is 0 Å². The van der Waals surface area contributed by atoms with Crippen molar-refractivity contribution in [3.05, 3.63) is 44.6 Å². The molecule has 1 aliphatic rings. The molecule has 2 aromatic rings. The Bertz CT molecular complexity index is 637. The smallest absolute Gasteiger partial charge is 0.265 e. The van der Waals surface area contributed by atoms with Crippen LogP contribution in [0.2, 0.25) is 5.02 Å². The summed E-state index contributed by atoms with van der Waals surface area (Å²) in [5.74, 6) is -0.132. The van der Waals surface area contributed by atoms with Crippen LogP contribution in [0, 0.1) is 0 Å². The maximum Gasteiger partial charge on any atom is 0.265 e. The molecule has 1 heterocycles. The van der Waals surface area contributed by atoms with Gasteiger partial charge in [0.25, 0.3) is 5.91 Å². The fourth-order valence-corrected chi connectivity index (χ4v) is 4.01. The molecule has 0 fully saturated rings. The number of benzene rings is 1. The summed E-state index contributed by atoms with van der Waals surface area (Å²) in [5, 5.41) is 3.29. The van der Waals surface area contributed by atoms with Gasteiger partial charge in [0.2, 0.25) is 0 Å². The van der Waals surface area contributed by atoms with Crippen molar-refractivity contribution in [1.82, 2.24) is 0 Å². The normalized spacial score (nSPS) is 14.3. The molecule has 1 aromatic carbocycles. The molecule has 3 nitrogen and oxygen atoms in total. The second-order valence-corrected chi connectivity index (χ2v) is 6.82. The molecule has 1 aromatic heterocycles. The Kier molecular flexibility index (Phi) is 4.17. The summed E-state index contributed by atoms with van der Waals surface area (Å²) >= 11 is 7.68. The number of carbonyl (C=O) groups is 1. The van der Waals surface area contributed by atoms with Crippen LogP contribution in [0.25, 0.3) is 0 Å². The lowest BCUT2D eigenvalue weighted by molar-refractivity contribution is 0.103. The SMILES string of the molecule is Nc1cccc(Cl)c1NC(=O)c1cc2c(s1)CCCCC2. The molecule has 3 rings (SSSR count). The first-order valence-corrected chi connectivity index (χ1v) is 8.31. The van der Waals surface area contributed by atoms with Crippen LogP contribution in [-0.2, 0) is 12.8 Å². The number of halogens is 1. The minimum atomic E-state index is -0.132. The van der Waals surface area contributed by atoms with E-state index in [9.17, 15) is 4.79 Å². The number of para-hydroxylation sites is 1. The highest BCUT2D eigenvalue weighted by Crippen LogP contribution is 2.32. The molecule has 0 spiro atoms. The zero-order valence-corrected chi connectivity index (χ0v) is 13.2. The van der Waals surface area contributed by atoms with E-state index in [1.807, 2.05) is 6.07 Å². The molecule has 0 radical (unpaired) electrons. The molecule has 5 heteroatoms. The molecule has 1 amide bonds. The van der Waals surface area contributed by atoms with Gasteiger partial charge < -0.3 is 11.1 Å². The van der Waals surface area contributed by atoms with Crippen LogP contribution >= 0.6 is 22.9 Å². The van der Waals surface area contributed by atoms with E-state index in [4.69, 9.17) is 17.3 Å². The number of carbonyl (C=O) groups excluding carboxylic acids is 1. The van der Waals surface area contributed by atoms with E-state index in [0.29, 0.717) is 16.4 Å². The maximum absolute atomic E-state index is 12.4. The molecule has 0 bridgehead atoms. The van der Waals surface area contributed by atoms with Crippen LogP contribution < -0.4 is 11.1 Å². The fraction of sp³-hybridized carbons (Fsp3) is 0.312. The van der Waals surface area contributed by atoms with Crippen molar-refractivity contribution < 1.29 is 4.79 Å². The van der Waals surface area contributed by atoms with Crippen LogP contribution in [-0.4, -0.2) is 5.91 Å². The molecular weight excluding hydrogens is 304 g/mol. The highest BCUT2D eigenvalue weighted by atomic mass is 35.5. The number of aryl methyl sites for hydroxylation is 2. The number of rotatable bonds is 2. The minimum Gasteiger partial charge on any atom is -0.397 e. The summed E-state index contributed by atoms with van der Waals surface area (Å²) in [6.07, 6.45) is 5.86. The van der Waals surface area contributed by atoms with E-state index in [2.05, 4.69) is 5.32 Å². The van der Waals surface area contributed by atoms with Gasteiger partial charge in [-0.15, -0.1) is 11.3 Å². The lowest BCUT2D eigenvalue weighted by atomic mass is 10.1. The summed E-state index contributed by atoms with van der Waals surface area (Å²) in [7, 11) is 0. The Hall–Kier alpha value is -1.52. The summed E-state index contributed by atoms with van der Waals surface area (Å²) in [6, 6.07) is 7.23.